The molecule has 2 rings (SSSR count). The Labute approximate surface area is 108 Å². The van der Waals surface area contributed by atoms with Crippen LogP contribution in [0.25, 0.3) is 0 Å². The summed E-state index contributed by atoms with van der Waals surface area (Å²) in [4.78, 5) is 16.5. The fourth-order valence-corrected chi connectivity index (χ4v) is 2.31. The van der Waals surface area contributed by atoms with Crippen LogP contribution in [-0.4, -0.2) is 48.5 Å². The predicted octanol–water partition coefficient (Wildman–Crippen LogP) is 0.315. The molecule has 1 aromatic heterocycles. The molecule has 100 valence electrons. The largest absolute Gasteiger partial charge is 0.367 e. The predicted molar refractivity (Wildman–Crippen MR) is 71.2 cm³/mol. The Kier molecular flexibility index (Phi) is 4.78. The van der Waals surface area contributed by atoms with Crippen molar-refractivity contribution in [3.05, 3.63) is 24.0 Å². The van der Waals surface area contributed by atoms with Crippen molar-refractivity contribution < 1.29 is 4.79 Å². The zero-order valence-corrected chi connectivity index (χ0v) is 10.9. The number of nitrogens with zero attached hydrogens (tertiary/aromatic N) is 1. The zero-order valence-electron chi connectivity index (χ0n) is 10.9. The third kappa shape index (κ3) is 3.85. The maximum absolute atomic E-state index is 11.3. The van der Waals surface area contributed by atoms with Gasteiger partial charge in [-0.1, -0.05) is 0 Å². The van der Waals surface area contributed by atoms with Crippen molar-refractivity contribution in [3.8, 4) is 0 Å². The van der Waals surface area contributed by atoms with E-state index in [1.54, 1.807) is 7.05 Å². The van der Waals surface area contributed by atoms with Gasteiger partial charge in [0.05, 0.1) is 6.54 Å². The number of H-pyrrole nitrogens is 1. The first-order chi connectivity index (χ1) is 8.78. The van der Waals surface area contributed by atoms with E-state index in [0.29, 0.717) is 12.6 Å². The van der Waals surface area contributed by atoms with E-state index in [0.717, 1.165) is 32.5 Å². The van der Waals surface area contributed by atoms with Crippen LogP contribution in [0.1, 0.15) is 18.4 Å². The second kappa shape index (κ2) is 6.56. The average molecular weight is 250 g/mol. The molecule has 0 spiro atoms. The number of likely N-dealkylation sites (tertiary alicyclic amines) is 1. The topological polar surface area (TPSA) is 60.2 Å². The summed E-state index contributed by atoms with van der Waals surface area (Å²) >= 11 is 0. The van der Waals surface area contributed by atoms with Crippen LogP contribution in [0.3, 0.4) is 0 Å². The second-order valence-corrected chi connectivity index (χ2v) is 4.82. The van der Waals surface area contributed by atoms with Gasteiger partial charge in [0, 0.05) is 45.1 Å². The van der Waals surface area contributed by atoms with Gasteiger partial charge in [-0.25, -0.2) is 0 Å². The number of amides is 1. The monoisotopic (exact) mass is 250 g/mol. The Bertz CT molecular complexity index is 355. The van der Waals surface area contributed by atoms with Gasteiger partial charge in [0.25, 0.3) is 0 Å². The highest BCUT2D eigenvalue weighted by molar-refractivity contribution is 5.77. The van der Waals surface area contributed by atoms with E-state index in [4.69, 9.17) is 0 Å². The molecular weight excluding hydrogens is 228 g/mol. The normalized spacial score (nSPS) is 17.8. The third-order valence-electron chi connectivity index (χ3n) is 3.49. The molecule has 0 unspecified atom stereocenters. The van der Waals surface area contributed by atoms with Crippen LogP contribution in [0.5, 0.6) is 0 Å². The minimum Gasteiger partial charge on any atom is -0.367 e. The van der Waals surface area contributed by atoms with Gasteiger partial charge < -0.3 is 15.6 Å². The molecule has 1 saturated heterocycles. The molecular formula is C13H22N4O. The maximum Gasteiger partial charge on any atom is 0.233 e. The van der Waals surface area contributed by atoms with E-state index >= 15 is 0 Å². The first kappa shape index (κ1) is 13.1. The fraction of sp³-hybridized carbons (Fsp3) is 0.615. The van der Waals surface area contributed by atoms with Crippen LogP contribution in [-0.2, 0) is 11.3 Å². The summed E-state index contributed by atoms with van der Waals surface area (Å²) in [5.74, 6) is 0.105. The van der Waals surface area contributed by atoms with E-state index in [9.17, 15) is 4.79 Å². The van der Waals surface area contributed by atoms with Crippen molar-refractivity contribution in [2.75, 3.05) is 26.7 Å². The Hall–Kier alpha value is -1.33. The van der Waals surface area contributed by atoms with Gasteiger partial charge in [0.2, 0.25) is 5.91 Å². The third-order valence-corrected chi connectivity index (χ3v) is 3.49. The molecule has 1 aliphatic rings. The summed E-state index contributed by atoms with van der Waals surface area (Å²) < 4.78 is 0. The molecule has 0 aliphatic carbocycles. The van der Waals surface area contributed by atoms with Crippen molar-refractivity contribution in [1.82, 2.24) is 20.5 Å². The van der Waals surface area contributed by atoms with Crippen molar-refractivity contribution in [2.24, 2.45) is 0 Å². The quantitative estimate of drug-likeness (QED) is 0.705. The van der Waals surface area contributed by atoms with E-state index in [1.165, 1.54) is 5.56 Å². The Balaban J connectivity index is 1.65. The molecule has 5 heteroatoms. The summed E-state index contributed by atoms with van der Waals surface area (Å²) in [6, 6.07) is 2.66. The molecule has 0 atom stereocenters. The highest BCUT2D eigenvalue weighted by Gasteiger charge is 2.19. The van der Waals surface area contributed by atoms with Crippen LogP contribution >= 0.6 is 0 Å². The number of aromatic amines is 1. The van der Waals surface area contributed by atoms with E-state index in [-0.39, 0.29) is 5.91 Å². The number of nitrogens with one attached hydrogen (secondary N) is 3. The maximum atomic E-state index is 11.3. The first-order valence-electron chi connectivity index (χ1n) is 6.56. The molecule has 1 fully saturated rings. The molecule has 0 radical (unpaired) electrons. The molecule has 1 amide bonds. The standard InChI is InChI=1S/C13H22N4O/c1-14-13(18)10-17-6-3-12(4-7-17)16-9-11-2-5-15-8-11/h2,5,8,12,15-16H,3-4,6-7,9-10H2,1H3,(H,14,18). The lowest BCUT2D eigenvalue weighted by Crippen LogP contribution is -2.45. The number of piperidine rings is 1. The highest BCUT2D eigenvalue weighted by Crippen LogP contribution is 2.10. The molecule has 2 heterocycles. The van der Waals surface area contributed by atoms with Crippen LogP contribution in [0.2, 0.25) is 0 Å². The van der Waals surface area contributed by atoms with Crippen LogP contribution < -0.4 is 10.6 Å². The number of hydrogen-bond acceptors (Lipinski definition) is 3. The summed E-state index contributed by atoms with van der Waals surface area (Å²) in [6.45, 7) is 3.45. The van der Waals surface area contributed by atoms with Gasteiger partial charge in [0.15, 0.2) is 0 Å². The minimum atomic E-state index is 0.105. The van der Waals surface area contributed by atoms with Gasteiger partial charge in [-0.3, -0.25) is 9.69 Å². The number of likely N-dealkylation sites (N-methyl/N-ethyl adjacent to an activating group) is 1. The lowest BCUT2D eigenvalue weighted by molar-refractivity contribution is -0.122. The number of carbonyl (C=O) groups excluding carboxylic acids is 1. The lowest BCUT2D eigenvalue weighted by atomic mass is 10.0. The van der Waals surface area contributed by atoms with E-state index in [1.807, 2.05) is 12.4 Å². The Morgan fingerprint density at radius 1 is 1.50 bits per heavy atom. The lowest BCUT2D eigenvalue weighted by Gasteiger charge is -2.31. The van der Waals surface area contributed by atoms with E-state index < -0.39 is 0 Å². The number of rotatable bonds is 5. The molecule has 0 saturated carbocycles. The van der Waals surface area contributed by atoms with Gasteiger partial charge in [-0.15, -0.1) is 0 Å². The molecule has 0 aromatic carbocycles. The van der Waals surface area contributed by atoms with Crippen LogP contribution in [0, 0.1) is 0 Å². The molecule has 0 bridgehead atoms. The van der Waals surface area contributed by atoms with Gasteiger partial charge in [-0.2, -0.15) is 0 Å². The van der Waals surface area contributed by atoms with Crippen molar-refractivity contribution in [3.63, 3.8) is 0 Å². The van der Waals surface area contributed by atoms with Crippen LogP contribution in [0.4, 0.5) is 0 Å². The number of carbonyl (C=O) groups is 1. The molecule has 5 nitrogen and oxygen atoms in total. The zero-order chi connectivity index (χ0) is 12.8. The summed E-state index contributed by atoms with van der Waals surface area (Å²) in [7, 11) is 1.69. The molecule has 18 heavy (non-hydrogen) atoms. The first-order valence-corrected chi connectivity index (χ1v) is 6.56. The van der Waals surface area contributed by atoms with Gasteiger partial charge in [0.1, 0.15) is 0 Å². The van der Waals surface area contributed by atoms with Gasteiger partial charge >= 0.3 is 0 Å². The summed E-state index contributed by atoms with van der Waals surface area (Å²) in [6.07, 6.45) is 6.19. The Morgan fingerprint density at radius 3 is 2.89 bits per heavy atom. The Morgan fingerprint density at radius 2 is 2.28 bits per heavy atom. The van der Waals surface area contributed by atoms with Crippen molar-refractivity contribution in [2.45, 2.75) is 25.4 Å². The SMILES string of the molecule is CNC(=O)CN1CCC(NCc2cc[nH]c2)CC1. The molecule has 1 aliphatic heterocycles. The van der Waals surface area contributed by atoms with E-state index in [2.05, 4.69) is 26.6 Å². The number of aromatic nitrogens is 1. The van der Waals surface area contributed by atoms with Crippen molar-refractivity contribution in [1.29, 1.82) is 0 Å². The molecule has 3 N–H and O–H groups in total. The summed E-state index contributed by atoms with van der Waals surface area (Å²) in [5.41, 5.74) is 1.29. The van der Waals surface area contributed by atoms with Gasteiger partial charge in [-0.05, 0) is 24.5 Å². The van der Waals surface area contributed by atoms with Crippen LogP contribution in [0.15, 0.2) is 18.5 Å². The number of hydrogen-bond donors (Lipinski definition) is 3. The molecule has 1 aromatic rings. The summed E-state index contributed by atoms with van der Waals surface area (Å²) in [5, 5.41) is 6.23. The average Bonchev–Trinajstić information content (AvgIpc) is 2.91. The highest BCUT2D eigenvalue weighted by atomic mass is 16.1. The van der Waals surface area contributed by atoms with Crippen molar-refractivity contribution >= 4 is 5.91 Å². The smallest absolute Gasteiger partial charge is 0.233 e. The minimum absolute atomic E-state index is 0.105. The fourth-order valence-electron chi connectivity index (χ4n) is 2.31. The second-order valence-electron chi connectivity index (χ2n) is 4.82.